The van der Waals surface area contributed by atoms with Crippen LogP contribution in [0.5, 0.6) is 0 Å². The van der Waals surface area contributed by atoms with E-state index in [9.17, 15) is 4.79 Å². The first-order chi connectivity index (χ1) is 14.3. The Morgan fingerprint density at radius 3 is 1.79 bits per heavy atom. The van der Waals surface area contributed by atoms with Crippen LogP contribution in [-0.4, -0.2) is 5.91 Å². The molecule has 0 unspecified atom stereocenters. The Kier molecular flexibility index (Phi) is 14.6. The normalized spacial score (nSPS) is 18.6. The van der Waals surface area contributed by atoms with E-state index in [0.29, 0.717) is 5.41 Å². The number of carbonyl (C=O) groups excluding carboxylic acids is 1. The van der Waals surface area contributed by atoms with Crippen LogP contribution in [0.1, 0.15) is 101 Å². The van der Waals surface area contributed by atoms with E-state index in [1.165, 1.54) is 74.1 Å². The zero-order valence-electron chi connectivity index (χ0n) is 22.0. The Bertz CT molecular complexity index is 778. The van der Waals surface area contributed by atoms with Crippen molar-refractivity contribution in [2.75, 3.05) is 0 Å². The number of hydrogen-bond donors (Lipinski definition) is 0. The van der Waals surface area contributed by atoms with Crippen LogP contribution in [0.25, 0.3) is 16.5 Å². The minimum atomic E-state index is -0.327. The van der Waals surface area contributed by atoms with Gasteiger partial charge in [-0.05, 0) is 31.1 Å². The van der Waals surface area contributed by atoms with Gasteiger partial charge in [0.1, 0.15) is 0 Å². The minimum absolute atomic E-state index is 0. The van der Waals surface area contributed by atoms with Gasteiger partial charge in [-0.25, -0.2) is 0 Å². The average Bonchev–Trinajstić information content (AvgIpc) is 3.15. The van der Waals surface area contributed by atoms with Crippen LogP contribution < -0.4 is 0 Å². The first-order valence-electron chi connectivity index (χ1n) is 12.3. The maximum atomic E-state index is 11.1. The monoisotopic (exact) mass is 485 g/mol. The summed E-state index contributed by atoms with van der Waals surface area (Å²) >= 11 is 0. The van der Waals surface area contributed by atoms with E-state index < -0.39 is 0 Å². The molecule has 33 heavy (non-hydrogen) atoms. The summed E-state index contributed by atoms with van der Waals surface area (Å²) in [6.07, 6.45) is 15.9. The molecule has 1 saturated carbocycles. The van der Waals surface area contributed by atoms with Crippen LogP contribution in [-0.2, 0) is 39.4 Å². The average molecular weight is 486 g/mol. The van der Waals surface area contributed by atoms with E-state index in [0.717, 1.165) is 25.7 Å². The maximum Gasteiger partial charge on any atom is 4.00 e. The third kappa shape index (κ3) is 10.0. The summed E-state index contributed by atoms with van der Waals surface area (Å²) in [7, 11) is 0. The second-order valence-electron chi connectivity index (χ2n) is 10.6. The van der Waals surface area contributed by atoms with Gasteiger partial charge in [0.05, 0.1) is 5.91 Å². The van der Waals surface area contributed by atoms with Crippen LogP contribution in [0.4, 0.5) is 0 Å². The molecule has 2 aromatic carbocycles. The maximum absolute atomic E-state index is 11.1. The predicted octanol–water partition coefficient (Wildman–Crippen LogP) is 9.38. The van der Waals surface area contributed by atoms with Gasteiger partial charge in [-0.2, -0.15) is 6.07 Å². The van der Waals surface area contributed by atoms with Crippen molar-refractivity contribution in [3.63, 3.8) is 0 Å². The third-order valence-electron chi connectivity index (χ3n) is 6.99. The number of carbonyl (C=O) groups is 1. The molecule has 0 atom stereocenters. The molecule has 2 aromatic rings. The van der Waals surface area contributed by atoms with Gasteiger partial charge < -0.3 is 25.4 Å². The fourth-order valence-corrected chi connectivity index (χ4v) is 5.36. The Morgan fingerprint density at radius 1 is 0.848 bits per heavy atom. The molecule has 0 heterocycles. The summed E-state index contributed by atoms with van der Waals surface area (Å²) in [6.45, 7) is 6.90. The zero-order valence-corrected chi connectivity index (χ0v) is 23.5. The molecule has 0 saturated heterocycles. The van der Waals surface area contributed by atoms with Crippen molar-refractivity contribution < 1.29 is 26.5 Å². The summed E-state index contributed by atoms with van der Waals surface area (Å²) in [4.78, 5) is 11.1. The zero-order chi connectivity index (χ0) is 21.6. The molecule has 0 spiro atoms. The molecule has 2 nitrogen and oxygen atoms in total. The van der Waals surface area contributed by atoms with E-state index in [1.807, 2.05) is 0 Å². The van der Waals surface area contributed by atoms with Gasteiger partial charge in [0.2, 0.25) is 0 Å². The number of aryl methyl sites for hydroxylation is 1. The topological polar surface area (TPSA) is 40.9 Å². The van der Waals surface area contributed by atoms with Gasteiger partial charge in [0.15, 0.2) is 0 Å². The molecule has 0 aliphatic heterocycles. The minimum Gasteiger partial charge on any atom is -0.668 e. The van der Waals surface area contributed by atoms with Gasteiger partial charge in [-0.15, -0.1) is 34.5 Å². The first-order valence-corrected chi connectivity index (χ1v) is 12.3. The van der Waals surface area contributed by atoms with Gasteiger partial charge in [-0.3, -0.25) is 0 Å². The molecule has 3 heteroatoms. The van der Waals surface area contributed by atoms with Crippen molar-refractivity contribution in [1.82, 2.24) is 0 Å². The molecular weight excluding hydrogens is 438 g/mol. The smallest absolute Gasteiger partial charge is 0.668 e. The van der Waals surface area contributed by atoms with Crippen LogP contribution in [0.2, 0.25) is 0 Å². The van der Waals surface area contributed by atoms with Gasteiger partial charge >= 0.3 is 21.7 Å². The van der Waals surface area contributed by atoms with Crippen molar-refractivity contribution in [2.24, 2.45) is 11.3 Å². The molecule has 4 rings (SSSR count). The van der Waals surface area contributed by atoms with E-state index in [4.69, 9.17) is 5.73 Å². The van der Waals surface area contributed by atoms with Gasteiger partial charge in [-0.1, -0.05) is 89.7 Å². The molecule has 0 bridgehead atoms. The molecule has 0 radical (unpaired) electrons. The standard InChI is InChI=1S/C15H17.C13H25NO.2CH3.Ti/c1-10-4-11-6-13-8-15(2,3)9-14(13)7-12(11)5-10;14-13(15)12-10-8-6-4-2-1-3-5-7-9-11-12;;;/h4-7H,8-9H2,1-3H3;12H,1-11H2,(H2,14,15);2*1H3;/q-1;;2*-1;+4/p-1. The van der Waals surface area contributed by atoms with Crippen molar-refractivity contribution >= 4 is 16.7 Å². The summed E-state index contributed by atoms with van der Waals surface area (Å²) in [5, 5.41) is 2.84. The van der Waals surface area contributed by atoms with Gasteiger partial charge in [0.25, 0.3) is 0 Å². The quantitative estimate of drug-likeness (QED) is 0.293. The third-order valence-corrected chi connectivity index (χ3v) is 6.99. The van der Waals surface area contributed by atoms with E-state index in [1.54, 1.807) is 11.1 Å². The summed E-state index contributed by atoms with van der Waals surface area (Å²) < 4.78 is 0. The fraction of sp³-hybridized carbons (Fsp3) is 0.600. The van der Waals surface area contributed by atoms with Crippen molar-refractivity contribution in [2.45, 2.75) is 104 Å². The van der Waals surface area contributed by atoms with Crippen LogP contribution in [0.15, 0.2) is 24.3 Å². The van der Waals surface area contributed by atoms with Crippen LogP contribution >= 0.6 is 0 Å². The van der Waals surface area contributed by atoms with Crippen LogP contribution in [0, 0.1) is 33.1 Å². The molecule has 2 aliphatic carbocycles. The SMILES string of the molecule is Cc1cc2cc3c(cc2[cH-]1)CC(C)(C)C3.[CH3-].[CH3-].[NH-]C(=O)C1CCCCCCCCCCC1.[Ti+4]. The second kappa shape index (κ2) is 15.1. The molecule has 2 aliphatic rings. The largest absolute Gasteiger partial charge is 4.00 e. The first kappa shape index (κ1) is 32.0. The summed E-state index contributed by atoms with van der Waals surface area (Å²) in [5.41, 5.74) is 12.2. The number of hydrogen-bond acceptors (Lipinski definition) is 1. The summed E-state index contributed by atoms with van der Waals surface area (Å²) in [6, 6.07) is 9.38. The van der Waals surface area contributed by atoms with E-state index in [-0.39, 0.29) is 48.4 Å². The Morgan fingerprint density at radius 2 is 1.30 bits per heavy atom. The van der Waals surface area contributed by atoms with E-state index >= 15 is 0 Å². The number of benzene rings is 1. The number of fused-ring (bicyclic) bond motifs is 2. The number of nitrogens with one attached hydrogen (secondary N) is 1. The van der Waals surface area contributed by atoms with Crippen molar-refractivity contribution in [1.29, 1.82) is 0 Å². The van der Waals surface area contributed by atoms with Crippen molar-refractivity contribution in [3.05, 3.63) is 61.5 Å². The van der Waals surface area contributed by atoms with E-state index in [2.05, 4.69) is 45.0 Å². The molecule has 1 N–H and O–H groups in total. The molecule has 0 aromatic heterocycles. The number of amides is 1. The Balaban J connectivity index is 0.000000569. The Hall–Kier alpha value is -0.986. The fourth-order valence-electron chi connectivity index (χ4n) is 5.36. The molecule has 182 valence electrons. The predicted molar refractivity (Wildman–Crippen MR) is 142 cm³/mol. The Labute approximate surface area is 219 Å². The molecular formula is C30H47NOTi. The van der Waals surface area contributed by atoms with Gasteiger partial charge in [0, 0.05) is 5.92 Å². The summed E-state index contributed by atoms with van der Waals surface area (Å²) in [5.74, 6) is -0.281. The molecule has 1 fully saturated rings. The molecule has 1 amide bonds. The second-order valence-corrected chi connectivity index (χ2v) is 10.6. The number of rotatable bonds is 1. The van der Waals surface area contributed by atoms with Crippen molar-refractivity contribution in [3.8, 4) is 0 Å². The van der Waals surface area contributed by atoms with Crippen LogP contribution in [0.3, 0.4) is 0 Å².